The molecule has 90 valence electrons. The zero-order valence-corrected chi connectivity index (χ0v) is 10.8. The Hall–Kier alpha value is -0.730. The minimum atomic E-state index is 0.290. The first-order valence-electron chi connectivity index (χ1n) is 5.74. The third-order valence-corrected chi connectivity index (χ3v) is 2.88. The van der Waals surface area contributed by atoms with Crippen LogP contribution in [0.15, 0.2) is 18.2 Å². The molecule has 0 aliphatic carbocycles. The van der Waals surface area contributed by atoms with Crippen LogP contribution in [-0.4, -0.2) is 12.6 Å². The zero-order valence-electron chi connectivity index (χ0n) is 10.0. The average molecular weight is 242 g/mol. The average Bonchev–Trinajstić information content (AvgIpc) is 2.22. The molecular formula is C13H20ClNO. The summed E-state index contributed by atoms with van der Waals surface area (Å²) in [6.45, 7) is 4.75. The zero-order chi connectivity index (χ0) is 12.0. The van der Waals surface area contributed by atoms with E-state index in [9.17, 15) is 0 Å². The van der Waals surface area contributed by atoms with Gasteiger partial charge in [0.1, 0.15) is 5.75 Å². The van der Waals surface area contributed by atoms with Gasteiger partial charge in [-0.15, -0.1) is 0 Å². The van der Waals surface area contributed by atoms with Crippen molar-refractivity contribution in [3.63, 3.8) is 0 Å². The summed E-state index contributed by atoms with van der Waals surface area (Å²) in [4.78, 5) is 0. The fourth-order valence-electron chi connectivity index (χ4n) is 1.47. The maximum atomic E-state index is 5.93. The SMILES string of the molecule is Cc1cc(OCCCCC(C)N)ccc1Cl. The van der Waals surface area contributed by atoms with Crippen LogP contribution in [0.3, 0.4) is 0 Å². The molecule has 1 aromatic carbocycles. The highest BCUT2D eigenvalue weighted by molar-refractivity contribution is 6.31. The van der Waals surface area contributed by atoms with Crippen molar-refractivity contribution >= 4 is 11.6 Å². The van der Waals surface area contributed by atoms with Crippen molar-refractivity contribution in [1.29, 1.82) is 0 Å². The third-order valence-electron chi connectivity index (χ3n) is 2.45. The van der Waals surface area contributed by atoms with Gasteiger partial charge in [-0.05, 0) is 56.9 Å². The molecule has 0 aliphatic rings. The summed E-state index contributed by atoms with van der Waals surface area (Å²) >= 11 is 5.93. The molecule has 2 nitrogen and oxygen atoms in total. The number of unbranched alkanes of at least 4 members (excludes halogenated alkanes) is 1. The summed E-state index contributed by atoms with van der Waals surface area (Å²) in [6, 6.07) is 6.03. The molecule has 0 spiro atoms. The molecule has 1 atom stereocenters. The Morgan fingerprint density at radius 2 is 2.12 bits per heavy atom. The van der Waals surface area contributed by atoms with Crippen LogP contribution in [0.5, 0.6) is 5.75 Å². The van der Waals surface area contributed by atoms with E-state index in [1.54, 1.807) is 0 Å². The smallest absolute Gasteiger partial charge is 0.119 e. The highest BCUT2D eigenvalue weighted by Gasteiger charge is 1.99. The Kier molecular flexibility index (Phi) is 5.64. The van der Waals surface area contributed by atoms with E-state index < -0.39 is 0 Å². The fourth-order valence-corrected chi connectivity index (χ4v) is 1.58. The second kappa shape index (κ2) is 6.77. The summed E-state index contributed by atoms with van der Waals surface area (Å²) in [5, 5.41) is 0.782. The number of hydrogen-bond acceptors (Lipinski definition) is 2. The van der Waals surface area contributed by atoms with Gasteiger partial charge in [-0.25, -0.2) is 0 Å². The number of nitrogens with two attached hydrogens (primary N) is 1. The lowest BCUT2D eigenvalue weighted by molar-refractivity contribution is 0.303. The van der Waals surface area contributed by atoms with Gasteiger partial charge in [0.2, 0.25) is 0 Å². The number of ether oxygens (including phenoxy) is 1. The van der Waals surface area contributed by atoms with Crippen LogP contribution < -0.4 is 10.5 Å². The Bertz CT molecular complexity index is 326. The van der Waals surface area contributed by atoms with Crippen LogP contribution in [0.4, 0.5) is 0 Å². The van der Waals surface area contributed by atoms with Crippen molar-refractivity contribution in [3.8, 4) is 5.75 Å². The van der Waals surface area contributed by atoms with Gasteiger partial charge >= 0.3 is 0 Å². The molecular weight excluding hydrogens is 222 g/mol. The van der Waals surface area contributed by atoms with E-state index in [0.717, 1.165) is 42.2 Å². The highest BCUT2D eigenvalue weighted by atomic mass is 35.5. The van der Waals surface area contributed by atoms with Gasteiger partial charge < -0.3 is 10.5 Å². The van der Waals surface area contributed by atoms with Crippen molar-refractivity contribution in [2.45, 2.75) is 39.2 Å². The van der Waals surface area contributed by atoms with Gasteiger partial charge in [-0.2, -0.15) is 0 Å². The van der Waals surface area contributed by atoms with Crippen molar-refractivity contribution in [1.82, 2.24) is 0 Å². The molecule has 0 amide bonds. The molecule has 0 radical (unpaired) electrons. The Morgan fingerprint density at radius 1 is 1.38 bits per heavy atom. The normalized spacial score (nSPS) is 12.5. The van der Waals surface area contributed by atoms with Gasteiger partial charge in [-0.1, -0.05) is 11.6 Å². The number of halogens is 1. The van der Waals surface area contributed by atoms with E-state index in [1.165, 1.54) is 0 Å². The van der Waals surface area contributed by atoms with Crippen LogP contribution >= 0.6 is 11.6 Å². The Labute approximate surface area is 103 Å². The van der Waals surface area contributed by atoms with E-state index in [1.807, 2.05) is 32.0 Å². The van der Waals surface area contributed by atoms with E-state index in [0.29, 0.717) is 0 Å². The number of hydrogen-bond donors (Lipinski definition) is 1. The molecule has 0 aromatic heterocycles. The first-order chi connectivity index (χ1) is 7.59. The van der Waals surface area contributed by atoms with Crippen LogP contribution in [0.1, 0.15) is 31.7 Å². The minimum absolute atomic E-state index is 0.290. The highest BCUT2D eigenvalue weighted by Crippen LogP contribution is 2.21. The van der Waals surface area contributed by atoms with Gasteiger partial charge in [-0.3, -0.25) is 0 Å². The molecule has 0 saturated heterocycles. The fraction of sp³-hybridized carbons (Fsp3) is 0.538. The molecule has 0 heterocycles. The molecule has 1 aromatic rings. The number of aryl methyl sites for hydroxylation is 1. The van der Waals surface area contributed by atoms with Crippen molar-refractivity contribution in [3.05, 3.63) is 28.8 Å². The maximum absolute atomic E-state index is 5.93. The second-order valence-electron chi connectivity index (χ2n) is 4.23. The molecule has 0 aliphatic heterocycles. The van der Waals surface area contributed by atoms with E-state index >= 15 is 0 Å². The van der Waals surface area contributed by atoms with Gasteiger partial charge in [0.15, 0.2) is 0 Å². The van der Waals surface area contributed by atoms with Gasteiger partial charge in [0.05, 0.1) is 6.61 Å². The molecule has 1 unspecified atom stereocenters. The predicted octanol–water partition coefficient (Wildman–Crippen LogP) is 3.54. The maximum Gasteiger partial charge on any atom is 0.119 e. The topological polar surface area (TPSA) is 35.2 Å². The summed E-state index contributed by atoms with van der Waals surface area (Å²) in [6.07, 6.45) is 3.22. The molecule has 0 saturated carbocycles. The van der Waals surface area contributed by atoms with E-state index in [-0.39, 0.29) is 6.04 Å². The molecule has 16 heavy (non-hydrogen) atoms. The van der Waals surface area contributed by atoms with Crippen molar-refractivity contribution in [2.24, 2.45) is 5.73 Å². The number of benzene rings is 1. The first kappa shape index (κ1) is 13.3. The van der Waals surface area contributed by atoms with E-state index in [2.05, 4.69) is 0 Å². The molecule has 0 bridgehead atoms. The van der Waals surface area contributed by atoms with Crippen LogP contribution in [-0.2, 0) is 0 Å². The quantitative estimate of drug-likeness (QED) is 0.774. The lowest BCUT2D eigenvalue weighted by Crippen LogP contribution is -2.14. The monoisotopic (exact) mass is 241 g/mol. The Morgan fingerprint density at radius 3 is 2.75 bits per heavy atom. The second-order valence-corrected chi connectivity index (χ2v) is 4.64. The van der Waals surface area contributed by atoms with Crippen molar-refractivity contribution < 1.29 is 4.74 Å². The van der Waals surface area contributed by atoms with Crippen LogP contribution in [0.25, 0.3) is 0 Å². The van der Waals surface area contributed by atoms with Gasteiger partial charge in [0.25, 0.3) is 0 Å². The minimum Gasteiger partial charge on any atom is -0.494 e. The van der Waals surface area contributed by atoms with Gasteiger partial charge in [0, 0.05) is 11.1 Å². The predicted molar refractivity (Wildman–Crippen MR) is 69.2 cm³/mol. The molecule has 1 rings (SSSR count). The van der Waals surface area contributed by atoms with E-state index in [4.69, 9.17) is 22.1 Å². The third kappa shape index (κ3) is 4.86. The van der Waals surface area contributed by atoms with Crippen LogP contribution in [0, 0.1) is 6.92 Å². The lowest BCUT2D eigenvalue weighted by atomic mass is 10.1. The molecule has 2 N–H and O–H groups in total. The van der Waals surface area contributed by atoms with Crippen LogP contribution in [0.2, 0.25) is 5.02 Å². The summed E-state index contributed by atoms with van der Waals surface area (Å²) < 4.78 is 5.62. The Balaban J connectivity index is 2.24. The standard InChI is InChI=1S/C13H20ClNO/c1-10-9-12(6-7-13(10)14)16-8-4-3-5-11(2)15/h6-7,9,11H,3-5,8,15H2,1-2H3. The lowest BCUT2D eigenvalue weighted by Gasteiger charge is -2.08. The summed E-state index contributed by atoms with van der Waals surface area (Å²) in [5.41, 5.74) is 6.72. The molecule has 0 fully saturated rings. The summed E-state index contributed by atoms with van der Waals surface area (Å²) in [7, 11) is 0. The molecule has 3 heteroatoms. The summed E-state index contributed by atoms with van der Waals surface area (Å²) in [5.74, 6) is 0.891. The first-order valence-corrected chi connectivity index (χ1v) is 6.12. The number of rotatable bonds is 6. The van der Waals surface area contributed by atoms with Crippen molar-refractivity contribution in [2.75, 3.05) is 6.61 Å². The largest absolute Gasteiger partial charge is 0.494 e.